The van der Waals surface area contributed by atoms with Crippen molar-refractivity contribution >= 4 is 43.2 Å². The number of hydrogen-bond acceptors (Lipinski definition) is 2. The fourth-order valence-electron chi connectivity index (χ4n) is 1.80. The minimum Gasteiger partial charge on any atom is -0.496 e. The van der Waals surface area contributed by atoms with Gasteiger partial charge in [-0.15, -0.1) is 11.3 Å². The average Bonchev–Trinajstić information content (AvgIpc) is 2.70. The zero-order valence-corrected chi connectivity index (χ0v) is 14.2. The van der Waals surface area contributed by atoms with Crippen molar-refractivity contribution < 1.29 is 4.74 Å². The predicted molar refractivity (Wildman–Crippen MR) is 85.1 cm³/mol. The second-order valence-electron chi connectivity index (χ2n) is 4.04. The molecule has 0 spiro atoms. The number of alkyl halides is 1. The first kappa shape index (κ1) is 14.1. The van der Waals surface area contributed by atoms with Crippen LogP contribution >= 0.6 is 43.2 Å². The number of aryl methyl sites for hydroxylation is 1. The maximum absolute atomic E-state index is 5.38. The summed E-state index contributed by atoms with van der Waals surface area (Å²) in [7, 11) is 1.72. The first-order chi connectivity index (χ1) is 8.61. The van der Waals surface area contributed by atoms with Gasteiger partial charge in [0.15, 0.2) is 0 Å². The normalized spacial score (nSPS) is 12.4. The van der Waals surface area contributed by atoms with Crippen molar-refractivity contribution in [1.82, 2.24) is 0 Å². The van der Waals surface area contributed by atoms with Crippen molar-refractivity contribution in [1.29, 1.82) is 0 Å². The molecular formula is C14H14Br2OS. The molecule has 4 heteroatoms. The smallest absolute Gasteiger partial charge is 0.122 e. The lowest BCUT2D eigenvalue weighted by molar-refractivity contribution is 0.409. The van der Waals surface area contributed by atoms with Crippen molar-refractivity contribution in [3.63, 3.8) is 0 Å². The second kappa shape index (κ2) is 6.22. The molecule has 0 saturated carbocycles. The van der Waals surface area contributed by atoms with Gasteiger partial charge in [-0.05, 0) is 47.0 Å². The Balaban J connectivity index is 2.18. The van der Waals surface area contributed by atoms with E-state index in [1.807, 2.05) is 29.5 Å². The van der Waals surface area contributed by atoms with Gasteiger partial charge in [0.25, 0.3) is 0 Å². The molecule has 0 bridgehead atoms. The van der Waals surface area contributed by atoms with Crippen LogP contribution in [0.1, 0.15) is 20.1 Å². The van der Waals surface area contributed by atoms with Gasteiger partial charge < -0.3 is 4.74 Å². The molecule has 0 saturated heterocycles. The van der Waals surface area contributed by atoms with Gasteiger partial charge in [-0.2, -0.15) is 0 Å². The van der Waals surface area contributed by atoms with Crippen LogP contribution in [0.15, 0.2) is 34.8 Å². The van der Waals surface area contributed by atoms with E-state index >= 15 is 0 Å². The number of hydrogen-bond donors (Lipinski definition) is 0. The molecule has 1 nitrogen and oxygen atoms in total. The van der Waals surface area contributed by atoms with Gasteiger partial charge in [-0.3, -0.25) is 0 Å². The molecule has 1 unspecified atom stereocenters. The molecule has 1 aromatic carbocycles. The van der Waals surface area contributed by atoms with E-state index in [1.165, 1.54) is 19.8 Å². The fourth-order valence-corrected chi connectivity index (χ4v) is 4.10. The van der Waals surface area contributed by atoms with Crippen LogP contribution in [0.3, 0.4) is 0 Å². The Hall–Kier alpha value is -0.320. The third-order valence-corrected chi connectivity index (χ3v) is 6.15. The maximum Gasteiger partial charge on any atom is 0.122 e. The number of ether oxygens (including phenoxy) is 1. The minimum absolute atomic E-state index is 0.323. The van der Waals surface area contributed by atoms with Crippen LogP contribution in [0.25, 0.3) is 0 Å². The lowest BCUT2D eigenvalue weighted by Crippen LogP contribution is -1.96. The third kappa shape index (κ3) is 3.16. The molecular weight excluding hydrogens is 376 g/mol. The van der Waals surface area contributed by atoms with Crippen LogP contribution in [0.4, 0.5) is 0 Å². The second-order valence-corrected chi connectivity index (χ2v) is 7.28. The topological polar surface area (TPSA) is 9.23 Å². The van der Waals surface area contributed by atoms with E-state index in [9.17, 15) is 0 Å². The monoisotopic (exact) mass is 388 g/mol. The molecule has 18 heavy (non-hydrogen) atoms. The van der Waals surface area contributed by atoms with E-state index in [0.717, 1.165) is 12.2 Å². The largest absolute Gasteiger partial charge is 0.496 e. The highest BCUT2D eigenvalue weighted by atomic mass is 79.9. The average molecular weight is 390 g/mol. The number of halogens is 2. The summed E-state index contributed by atoms with van der Waals surface area (Å²) < 4.78 is 6.57. The number of para-hydroxylation sites is 1. The summed E-state index contributed by atoms with van der Waals surface area (Å²) in [6, 6.07) is 10.4. The van der Waals surface area contributed by atoms with E-state index in [2.05, 4.69) is 50.9 Å². The van der Waals surface area contributed by atoms with Gasteiger partial charge >= 0.3 is 0 Å². The summed E-state index contributed by atoms with van der Waals surface area (Å²) in [5.41, 5.74) is 1.23. The number of methoxy groups -OCH3 is 1. The summed E-state index contributed by atoms with van der Waals surface area (Å²) in [6.07, 6.45) is 0.927. The summed E-state index contributed by atoms with van der Waals surface area (Å²) in [6.45, 7) is 2.13. The highest BCUT2D eigenvalue weighted by molar-refractivity contribution is 9.10. The van der Waals surface area contributed by atoms with Crippen molar-refractivity contribution in [2.24, 2.45) is 0 Å². The van der Waals surface area contributed by atoms with Gasteiger partial charge in [-0.1, -0.05) is 34.1 Å². The molecule has 96 valence electrons. The van der Waals surface area contributed by atoms with Crippen LogP contribution in [0.5, 0.6) is 5.75 Å². The van der Waals surface area contributed by atoms with E-state index < -0.39 is 0 Å². The highest BCUT2D eigenvalue weighted by Gasteiger charge is 2.14. The summed E-state index contributed by atoms with van der Waals surface area (Å²) in [5, 5.41) is 0. The lowest BCUT2D eigenvalue weighted by atomic mass is 10.1. The first-order valence-corrected chi connectivity index (χ1v) is 8.16. The summed E-state index contributed by atoms with van der Waals surface area (Å²) in [4.78, 5) is 2.98. The Kier molecular flexibility index (Phi) is 4.87. The summed E-state index contributed by atoms with van der Waals surface area (Å²) >= 11 is 9.15. The Labute approximate surface area is 128 Å². The molecule has 0 amide bonds. The fraction of sp³-hybridized carbons (Fsp3) is 0.286. The molecule has 1 aromatic heterocycles. The number of rotatable bonds is 4. The van der Waals surface area contributed by atoms with Crippen molar-refractivity contribution in [3.05, 3.63) is 50.1 Å². The Morgan fingerprint density at radius 2 is 2.06 bits per heavy atom. The molecule has 0 radical (unpaired) electrons. The molecule has 2 aromatic rings. The molecule has 0 aliphatic carbocycles. The van der Waals surface area contributed by atoms with E-state index in [-0.39, 0.29) is 0 Å². The molecule has 2 rings (SSSR count). The Bertz CT molecular complexity index is 517. The van der Waals surface area contributed by atoms with Crippen LogP contribution in [0.2, 0.25) is 0 Å². The van der Waals surface area contributed by atoms with Gasteiger partial charge in [0.1, 0.15) is 5.75 Å². The predicted octanol–water partition coefficient (Wildman–Crippen LogP) is 5.51. The van der Waals surface area contributed by atoms with E-state index in [0.29, 0.717) is 4.83 Å². The zero-order chi connectivity index (χ0) is 13.1. The van der Waals surface area contributed by atoms with Crippen molar-refractivity contribution in [2.75, 3.05) is 7.11 Å². The van der Waals surface area contributed by atoms with Crippen molar-refractivity contribution in [2.45, 2.75) is 18.2 Å². The van der Waals surface area contributed by atoms with Crippen molar-refractivity contribution in [3.8, 4) is 5.75 Å². The molecule has 1 atom stereocenters. The van der Waals surface area contributed by atoms with Crippen LogP contribution in [-0.4, -0.2) is 7.11 Å². The highest BCUT2D eigenvalue weighted by Crippen LogP contribution is 2.37. The van der Waals surface area contributed by atoms with Gasteiger partial charge in [0, 0.05) is 14.2 Å². The maximum atomic E-state index is 5.38. The molecule has 0 N–H and O–H groups in total. The first-order valence-electron chi connectivity index (χ1n) is 5.63. The van der Waals surface area contributed by atoms with Gasteiger partial charge in [0.05, 0.1) is 11.9 Å². The van der Waals surface area contributed by atoms with E-state index in [4.69, 9.17) is 4.74 Å². The molecule has 0 aliphatic heterocycles. The van der Waals surface area contributed by atoms with Gasteiger partial charge in [0.2, 0.25) is 0 Å². The van der Waals surface area contributed by atoms with Crippen LogP contribution < -0.4 is 4.74 Å². The Morgan fingerprint density at radius 1 is 1.33 bits per heavy atom. The molecule has 1 heterocycles. The lowest BCUT2D eigenvalue weighted by Gasteiger charge is -2.11. The Morgan fingerprint density at radius 3 is 2.67 bits per heavy atom. The third-order valence-electron chi connectivity index (χ3n) is 2.78. The number of thiophene rings is 1. The van der Waals surface area contributed by atoms with Gasteiger partial charge in [-0.25, -0.2) is 0 Å². The van der Waals surface area contributed by atoms with Crippen LogP contribution in [0, 0.1) is 6.92 Å². The minimum atomic E-state index is 0.323. The molecule has 0 aliphatic rings. The SMILES string of the molecule is COc1ccccc1CC(Br)c1cc(Br)c(C)s1. The number of benzene rings is 1. The zero-order valence-electron chi connectivity index (χ0n) is 10.2. The molecule has 0 fully saturated rings. The van der Waals surface area contributed by atoms with Crippen LogP contribution in [-0.2, 0) is 6.42 Å². The summed E-state index contributed by atoms with van der Waals surface area (Å²) in [5.74, 6) is 0.953. The standard InChI is InChI=1S/C14H14Br2OS/c1-9-11(15)8-14(18-9)12(16)7-10-5-3-4-6-13(10)17-2/h3-6,8,12H,7H2,1-2H3. The quantitative estimate of drug-likeness (QED) is 0.626. The van der Waals surface area contributed by atoms with E-state index in [1.54, 1.807) is 7.11 Å².